The van der Waals surface area contributed by atoms with Gasteiger partial charge in [-0.2, -0.15) is 0 Å². The predicted molar refractivity (Wildman–Crippen MR) is 147 cm³/mol. The van der Waals surface area contributed by atoms with Crippen LogP contribution < -0.4 is 10.5 Å². The normalized spacial score (nSPS) is 12.9. The summed E-state index contributed by atoms with van der Waals surface area (Å²) < 4.78 is 24.9. The Labute approximate surface area is 217 Å². The first kappa shape index (κ1) is 26.7. The van der Waals surface area contributed by atoms with Crippen molar-refractivity contribution in [1.82, 2.24) is 4.57 Å². The smallest absolute Gasteiger partial charge is 0.328 e. The summed E-state index contributed by atoms with van der Waals surface area (Å²) in [4.78, 5) is 21.7. The van der Waals surface area contributed by atoms with Crippen LogP contribution in [0.25, 0.3) is 22.0 Å². The SMILES string of the molecule is CCOP(=O)(O)CCCOc1ccc2c(c1)c(CC(N)=O)c(C)n2Cc1ccccc1-c1ccccc1. The number of carbonyl (C=O) groups is 1. The van der Waals surface area contributed by atoms with Gasteiger partial charge in [-0.3, -0.25) is 9.36 Å². The molecular weight excluding hydrogens is 487 g/mol. The molecule has 0 saturated heterocycles. The number of primary amides is 1. The van der Waals surface area contributed by atoms with Gasteiger partial charge in [-0.25, -0.2) is 0 Å². The summed E-state index contributed by atoms with van der Waals surface area (Å²) in [7, 11) is -3.57. The molecule has 3 aromatic carbocycles. The van der Waals surface area contributed by atoms with Crippen LogP contribution in [0.5, 0.6) is 5.75 Å². The van der Waals surface area contributed by atoms with Gasteiger partial charge >= 0.3 is 7.60 Å². The molecular formula is C29H33N2O5P. The number of fused-ring (bicyclic) bond motifs is 1. The van der Waals surface area contributed by atoms with Crippen molar-refractivity contribution in [2.75, 3.05) is 19.4 Å². The molecule has 0 bridgehead atoms. The van der Waals surface area contributed by atoms with Gasteiger partial charge in [0, 0.05) is 23.1 Å². The number of carbonyl (C=O) groups excluding carboxylic acids is 1. The highest BCUT2D eigenvalue weighted by Crippen LogP contribution is 2.42. The Bertz CT molecular complexity index is 1430. The topological polar surface area (TPSA) is 104 Å². The lowest BCUT2D eigenvalue weighted by atomic mass is 9.99. The molecule has 0 aliphatic heterocycles. The van der Waals surface area contributed by atoms with Crippen molar-refractivity contribution in [3.63, 3.8) is 0 Å². The van der Waals surface area contributed by atoms with Crippen molar-refractivity contribution in [2.45, 2.75) is 33.2 Å². The van der Waals surface area contributed by atoms with E-state index in [2.05, 4.69) is 28.8 Å². The lowest BCUT2D eigenvalue weighted by molar-refractivity contribution is -0.117. The monoisotopic (exact) mass is 520 g/mol. The van der Waals surface area contributed by atoms with Crippen LogP contribution in [-0.2, 0) is 26.8 Å². The molecule has 1 heterocycles. The van der Waals surface area contributed by atoms with Gasteiger partial charge in [0.2, 0.25) is 5.91 Å². The Morgan fingerprint density at radius 3 is 2.51 bits per heavy atom. The quantitative estimate of drug-likeness (QED) is 0.185. The van der Waals surface area contributed by atoms with Gasteiger partial charge in [-0.15, -0.1) is 0 Å². The Morgan fingerprint density at radius 1 is 1.05 bits per heavy atom. The second-order valence-corrected chi connectivity index (χ2v) is 11.0. The van der Waals surface area contributed by atoms with Crippen LogP contribution in [0.4, 0.5) is 0 Å². The number of hydrogen-bond donors (Lipinski definition) is 2. The molecule has 0 fully saturated rings. The molecule has 1 amide bonds. The van der Waals surface area contributed by atoms with Crippen LogP contribution in [0.1, 0.15) is 30.2 Å². The van der Waals surface area contributed by atoms with E-state index in [-0.39, 0.29) is 25.8 Å². The molecule has 0 aliphatic carbocycles. The van der Waals surface area contributed by atoms with E-state index in [1.54, 1.807) is 6.92 Å². The second kappa shape index (κ2) is 11.8. The molecule has 0 radical (unpaired) electrons. The first-order chi connectivity index (χ1) is 17.8. The molecule has 1 unspecified atom stereocenters. The van der Waals surface area contributed by atoms with E-state index in [0.717, 1.165) is 33.3 Å². The van der Waals surface area contributed by atoms with Crippen LogP contribution in [0.15, 0.2) is 72.8 Å². The maximum atomic E-state index is 11.9. The summed E-state index contributed by atoms with van der Waals surface area (Å²) in [5.41, 5.74) is 11.9. The Balaban J connectivity index is 1.64. The summed E-state index contributed by atoms with van der Waals surface area (Å²) >= 11 is 0. The minimum atomic E-state index is -3.57. The molecule has 0 saturated carbocycles. The lowest BCUT2D eigenvalue weighted by Crippen LogP contribution is -2.14. The van der Waals surface area contributed by atoms with E-state index in [0.29, 0.717) is 18.7 Å². The van der Waals surface area contributed by atoms with E-state index in [1.165, 1.54) is 5.56 Å². The summed E-state index contributed by atoms with van der Waals surface area (Å²) in [5.74, 6) is 0.233. The summed E-state index contributed by atoms with van der Waals surface area (Å²) in [6, 6.07) is 24.4. The third-order valence-corrected chi connectivity index (χ3v) is 7.93. The minimum absolute atomic E-state index is 0.0340. The molecule has 8 heteroatoms. The summed E-state index contributed by atoms with van der Waals surface area (Å²) in [6.45, 7) is 4.80. The maximum Gasteiger partial charge on any atom is 0.328 e. The van der Waals surface area contributed by atoms with E-state index in [9.17, 15) is 14.3 Å². The highest BCUT2D eigenvalue weighted by molar-refractivity contribution is 7.52. The number of nitrogens with two attached hydrogens (primary N) is 1. The molecule has 194 valence electrons. The first-order valence-electron chi connectivity index (χ1n) is 12.4. The van der Waals surface area contributed by atoms with Crippen LogP contribution in [0.2, 0.25) is 0 Å². The van der Waals surface area contributed by atoms with E-state index in [4.69, 9.17) is 15.0 Å². The highest BCUT2D eigenvalue weighted by atomic mass is 31.2. The maximum absolute atomic E-state index is 11.9. The molecule has 0 spiro atoms. The standard InChI is InChI=1S/C29H33N2O5P/c1-3-36-37(33,34)17-9-16-35-24-14-15-28-27(18-24)26(19-29(30)32)21(2)31(28)20-23-12-7-8-13-25(23)22-10-5-4-6-11-22/h4-8,10-15,18H,3,9,16-17,19-20H2,1-2H3,(H2,30,32)(H,33,34). The van der Waals surface area contributed by atoms with Gasteiger partial charge < -0.3 is 24.5 Å². The van der Waals surface area contributed by atoms with Gasteiger partial charge in [0.1, 0.15) is 5.75 Å². The van der Waals surface area contributed by atoms with Crippen molar-refractivity contribution in [3.05, 3.63) is 89.6 Å². The number of rotatable bonds is 12. The van der Waals surface area contributed by atoms with Crippen molar-refractivity contribution in [1.29, 1.82) is 0 Å². The van der Waals surface area contributed by atoms with E-state index >= 15 is 0 Å². The van der Waals surface area contributed by atoms with Crippen LogP contribution in [0.3, 0.4) is 0 Å². The zero-order valence-electron chi connectivity index (χ0n) is 21.2. The molecule has 37 heavy (non-hydrogen) atoms. The summed E-state index contributed by atoms with van der Waals surface area (Å²) in [5, 5.41) is 0.910. The molecule has 4 rings (SSSR count). The molecule has 0 aliphatic rings. The van der Waals surface area contributed by atoms with Crippen LogP contribution >= 0.6 is 7.60 Å². The second-order valence-electron chi connectivity index (χ2n) is 8.98. The summed E-state index contributed by atoms with van der Waals surface area (Å²) in [6.07, 6.45) is 0.545. The third kappa shape index (κ3) is 6.50. The van der Waals surface area contributed by atoms with Gasteiger partial charge in [0.25, 0.3) is 0 Å². The van der Waals surface area contributed by atoms with Gasteiger partial charge in [0.05, 0.1) is 25.8 Å². The number of ether oxygens (including phenoxy) is 1. The van der Waals surface area contributed by atoms with Crippen molar-refractivity contribution in [3.8, 4) is 16.9 Å². The van der Waals surface area contributed by atoms with E-state index < -0.39 is 13.5 Å². The largest absolute Gasteiger partial charge is 0.494 e. The first-order valence-corrected chi connectivity index (χ1v) is 14.2. The van der Waals surface area contributed by atoms with Crippen molar-refractivity contribution < 1.29 is 23.5 Å². The Morgan fingerprint density at radius 2 is 1.78 bits per heavy atom. The molecule has 3 N–H and O–H groups in total. The Kier molecular flexibility index (Phi) is 8.49. The van der Waals surface area contributed by atoms with Gasteiger partial charge in [-0.1, -0.05) is 54.6 Å². The average molecular weight is 521 g/mol. The minimum Gasteiger partial charge on any atom is -0.494 e. The Hall–Kier alpha value is -3.38. The van der Waals surface area contributed by atoms with E-state index in [1.807, 2.05) is 55.5 Å². The highest BCUT2D eigenvalue weighted by Gasteiger charge is 2.19. The number of aromatic nitrogens is 1. The van der Waals surface area contributed by atoms with Gasteiger partial charge in [-0.05, 0) is 60.7 Å². The van der Waals surface area contributed by atoms with Crippen molar-refractivity contribution in [2.24, 2.45) is 5.73 Å². The molecule has 1 atom stereocenters. The average Bonchev–Trinajstić information content (AvgIpc) is 3.12. The zero-order chi connectivity index (χ0) is 26.4. The van der Waals surface area contributed by atoms with Crippen LogP contribution in [-0.4, -0.2) is 34.7 Å². The zero-order valence-corrected chi connectivity index (χ0v) is 22.1. The predicted octanol–water partition coefficient (Wildman–Crippen LogP) is 5.68. The van der Waals surface area contributed by atoms with Crippen LogP contribution in [0, 0.1) is 6.92 Å². The fraction of sp³-hybridized carbons (Fsp3) is 0.276. The number of hydrogen-bond acceptors (Lipinski definition) is 4. The number of amides is 1. The molecule has 1 aromatic heterocycles. The molecule has 4 aromatic rings. The van der Waals surface area contributed by atoms with Gasteiger partial charge in [0.15, 0.2) is 0 Å². The number of benzene rings is 3. The third-order valence-electron chi connectivity index (χ3n) is 6.39. The van der Waals surface area contributed by atoms with Crippen molar-refractivity contribution >= 4 is 24.4 Å². The fourth-order valence-corrected chi connectivity index (χ4v) is 5.73. The fourth-order valence-electron chi connectivity index (χ4n) is 4.67. The molecule has 7 nitrogen and oxygen atoms in total. The lowest BCUT2D eigenvalue weighted by Gasteiger charge is -2.14. The number of nitrogens with zero attached hydrogens (tertiary/aromatic N) is 1.